The van der Waals surface area contributed by atoms with Crippen molar-refractivity contribution in [2.45, 2.75) is 0 Å². The third-order valence-electron chi connectivity index (χ3n) is 0. The zero-order valence-corrected chi connectivity index (χ0v) is 16.2. The summed E-state index contributed by atoms with van der Waals surface area (Å²) in [4.78, 5) is 33.0. The Balaban J connectivity index is -0.0000000257. The molecule has 0 aromatic rings. The Morgan fingerprint density at radius 2 is 0.444 bits per heavy atom. The van der Waals surface area contributed by atoms with Gasteiger partial charge < -0.3 is 61.3 Å². The van der Waals surface area contributed by atoms with Crippen molar-refractivity contribution in [1.82, 2.24) is 0 Å². The number of nitrogens with zero attached hydrogens (tertiary/aromatic N) is 4. The van der Waals surface area contributed by atoms with Crippen LogP contribution >= 0.6 is 0 Å². The first-order valence-electron chi connectivity index (χ1n) is 2.19. The van der Waals surface area contributed by atoms with Crippen LogP contribution < -0.4 is 0 Å². The van der Waals surface area contributed by atoms with Crippen LogP contribution in [0.1, 0.15) is 0 Å². The molecule has 0 aromatic heterocycles. The van der Waals surface area contributed by atoms with Crippen LogP contribution in [0.5, 0.6) is 0 Å². The van der Waals surface area contributed by atoms with Crippen molar-refractivity contribution in [3.8, 4) is 0 Å². The van der Waals surface area contributed by atoms with Gasteiger partial charge in [-0.1, -0.05) is 0 Å². The summed E-state index contributed by atoms with van der Waals surface area (Å²) < 4.78 is 0. The van der Waals surface area contributed by atoms with Gasteiger partial charge >= 0.3 is 76.2 Å². The van der Waals surface area contributed by atoms with Crippen molar-refractivity contribution >= 4 is 76.2 Å². The van der Waals surface area contributed by atoms with Crippen LogP contribution in [-0.4, -0.2) is 96.5 Å². The molecule has 0 bridgehead atoms. The molecule has 0 spiro atoms. The second kappa shape index (κ2) is 29.9. The van der Waals surface area contributed by atoms with E-state index >= 15 is 0 Å². The van der Waals surface area contributed by atoms with Crippen molar-refractivity contribution in [2.24, 2.45) is 0 Å². The van der Waals surface area contributed by atoms with Crippen LogP contribution in [0.4, 0.5) is 0 Å². The van der Waals surface area contributed by atoms with Crippen LogP contribution in [0.15, 0.2) is 0 Å². The molecule has 0 heterocycles. The predicted molar refractivity (Wildman–Crippen MR) is 53.0 cm³/mol. The van der Waals surface area contributed by atoms with E-state index in [-0.39, 0.29) is 76.2 Å². The summed E-state index contributed by atoms with van der Waals surface area (Å²) in [6, 6.07) is 0. The van der Waals surface area contributed by atoms with E-state index in [1.807, 2.05) is 0 Å². The van der Waals surface area contributed by atoms with Gasteiger partial charge in [0, 0.05) is 0 Å². The van der Waals surface area contributed by atoms with Crippen molar-refractivity contribution < 1.29 is 20.3 Å². The Labute approximate surface area is 156 Å². The van der Waals surface area contributed by atoms with Crippen LogP contribution in [0.3, 0.4) is 0 Å². The zero-order valence-electron chi connectivity index (χ0n) is 7.89. The third-order valence-corrected chi connectivity index (χ3v) is 0. The first-order valence-corrected chi connectivity index (χ1v) is 2.19. The molecule has 0 unspecified atom stereocenters. The van der Waals surface area contributed by atoms with Gasteiger partial charge in [0.2, 0.25) is 0 Å². The number of rotatable bonds is 0. The number of hydrogen-bond acceptors (Lipinski definition) is 12. The van der Waals surface area contributed by atoms with Crippen LogP contribution in [0.2, 0.25) is 0 Å². The molecule has 98 valence electrons. The predicted octanol–water partition coefficient (Wildman–Crippen LogP) is -1.72. The summed E-state index contributed by atoms with van der Waals surface area (Å²) >= 11 is 0. The molecule has 0 saturated carbocycles. The van der Waals surface area contributed by atoms with E-state index in [0.29, 0.717) is 0 Å². The Hall–Kier alpha value is -0.706. The molecule has 0 aliphatic rings. The minimum absolute atomic E-state index is 0. The Kier molecular flexibility index (Phi) is 59.8. The van der Waals surface area contributed by atoms with Gasteiger partial charge in [-0.15, -0.1) is 0 Å². The van der Waals surface area contributed by atoms with E-state index in [1.165, 1.54) is 0 Å². The molecule has 0 aromatic carbocycles. The maximum atomic E-state index is 8.25. The zero-order chi connectivity index (χ0) is 14.3. The Morgan fingerprint density at radius 1 is 0.444 bits per heavy atom. The van der Waals surface area contributed by atoms with E-state index in [9.17, 15) is 0 Å². The molecule has 0 amide bonds. The first kappa shape index (κ1) is 36.0. The molecule has 2 radical (unpaired) electrons. The standard InChI is InChI=1S/Ba.4NO3.Pb/c;4*2-1(3)4;/q+2;4*-1;+2. The van der Waals surface area contributed by atoms with Crippen LogP contribution in [0.25, 0.3) is 0 Å². The smallest absolute Gasteiger partial charge is 0.356 e. The normalized spacial score (nSPS) is 5.33. The van der Waals surface area contributed by atoms with Gasteiger partial charge in [0.25, 0.3) is 0 Å². The van der Waals surface area contributed by atoms with Gasteiger partial charge in [-0.3, -0.25) is 0 Å². The average Bonchev–Trinajstić information content (AvgIpc) is 1.76. The molecule has 0 saturated heterocycles. The van der Waals surface area contributed by atoms with E-state index in [4.69, 9.17) is 61.3 Å². The van der Waals surface area contributed by atoms with E-state index < -0.39 is 20.3 Å². The van der Waals surface area contributed by atoms with Gasteiger partial charge in [-0.2, -0.15) is 0 Å². The molecule has 0 aliphatic heterocycles. The molecular weight excluding hydrogens is 593 g/mol. The summed E-state index contributed by atoms with van der Waals surface area (Å²) in [5.74, 6) is 0. The maximum absolute atomic E-state index is 8.25. The summed E-state index contributed by atoms with van der Waals surface area (Å²) in [5.41, 5.74) is 0. The molecular formula is BaN4O12Pb. The van der Waals surface area contributed by atoms with E-state index in [1.54, 1.807) is 0 Å². The van der Waals surface area contributed by atoms with Crippen molar-refractivity contribution in [1.29, 1.82) is 0 Å². The summed E-state index contributed by atoms with van der Waals surface area (Å²) in [6.45, 7) is 0. The molecule has 0 atom stereocenters. The fourth-order valence-corrected chi connectivity index (χ4v) is 0. The van der Waals surface area contributed by atoms with Gasteiger partial charge in [-0.25, -0.2) is 0 Å². The monoisotopic (exact) mass is 594 g/mol. The summed E-state index contributed by atoms with van der Waals surface area (Å²) in [7, 11) is 0. The quantitative estimate of drug-likeness (QED) is 0.173. The second-order valence-corrected chi connectivity index (χ2v) is 0.894. The Morgan fingerprint density at radius 3 is 0.444 bits per heavy atom. The van der Waals surface area contributed by atoms with Crippen LogP contribution in [-0.2, 0) is 0 Å². The minimum Gasteiger partial charge on any atom is -0.356 e. The van der Waals surface area contributed by atoms with E-state index in [0.717, 1.165) is 0 Å². The topological polar surface area (TPSA) is 265 Å². The van der Waals surface area contributed by atoms with Gasteiger partial charge in [0.15, 0.2) is 0 Å². The van der Waals surface area contributed by atoms with Crippen molar-refractivity contribution in [3.63, 3.8) is 0 Å². The molecule has 18 heteroatoms. The molecule has 18 heavy (non-hydrogen) atoms. The fraction of sp³-hybridized carbons (Fsp3) is 0. The van der Waals surface area contributed by atoms with Gasteiger partial charge in [0.05, 0.1) is 20.3 Å². The van der Waals surface area contributed by atoms with Crippen molar-refractivity contribution in [2.75, 3.05) is 0 Å². The average molecular weight is 593 g/mol. The SMILES string of the molecule is O=[N+]([O-])[O-].O=[N+]([O-])[O-].O=[N+]([O-])[O-].O=[N+]([O-])[O-].[Ba+2].[Pb+2]. The van der Waals surface area contributed by atoms with Gasteiger partial charge in [0.1, 0.15) is 0 Å². The summed E-state index contributed by atoms with van der Waals surface area (Å²) in [5, 5.41) is 59.0. The van der Waals surface area contributed by atoms with Crippen LogP contribution in [0, 0.1) is 61.3 Å². The Bertz CT molecular complexity index is 164. The molecule has 16 nitrogen and oxygen atoms in total. The molecule has 0 fully saturated rings. The fourth-order valence-electron chi connectivity index (χ4n) is 0. The molecule has 0 rings (SSSR count). The second-order valence-electron chi connectivity index (χ2n) is 0.894. The van der Waals surface area contributed by atoms with E-state index in [2.05, 4.69) is 0 Å². The first-order chi connectivity index (χ1) is 6.93. The summed E-state index contributed by atoms with van der Waals surface area (Å²) in [6.07, 6.45) is 0. The molecule has 0 aliphatic carbocycles. The third kappa shape index (κ3) is 6260. The minimum atomic E-state index is -1.75. The largest absolute Gasteiger partial charge is 2.00 e. The van der Waals surface area contributed by atoms with Gasteiger partial charge in [-0.05, 0) is 0 Å². The maximum Gasteiger partial charge on any atom is 2.00 e. The molecule has 0 N–H and O–H groups in total. The van der Waals surface area contributed by atoms with Crippen molar-refractivity contribution in [3.05, 3.63) is 61.3 Å². The number of hydrogen-bond donors (Lipinski definition) is 0.